The molecule has 2 aromatic carbocycles. The van der Waals surface area contributed by atoms with Crippen molar-refractivity contribution in [1.82, 2.24) is 9.78 Å². The summed E-state index contributed by atoms with van der Waals surface area (Å²) in [5.41, 5.74) is 2.93. The van der Waals surface area contributed by atoms with Crippen LogP contribution in [0.25, 0.3) is 5.69 Å². The first-order chi connectivity index (χ1) is 12.4. The normalized spacial score (nSPS) is 11.2. The average molecular weight is 370 g/mol. The minimum Gasteiger partial charge on any atom is -0.478 e. The molecule has 3 rings (SSSR count). The van der Waals surface area contributed by atoms with Gasteiger partial charge in [-0.1, -0.05) is 17.7 Å². The summed E-state index contributed by atoms with van der Waals surface area (Å²) in [7, 11) is 0. The molecule has 0 unspecified atom stereocenters. The van der Waals surface area contributed by atoms with Gasteiger partial charge >= 0.3 is 5.97 Å². The minimum absolute atomic E-state index is 0.145. The fraction of sp³-hybridized carbons (Fsp3) is 0.105. The Morgan fingerprint density at radius 3 is 2.54 bits per heavy atom. The molecule has 0 spiro atoms. The van der Waals surface area contributed by atoms with Gasteiger partial charge in [-0.2, -0.15) is 0 Å². The third-order valence-corrected chi connectivity index (χ3v) is 4.24. The maximum atomic E-state index is 12.7. The van der Waals surface area contributed by atoms with Crippen LogP contribution in [-0.4, -0.2) is 27.1 Å². The Morgan fingerprint density at radius 2 is 1.88 bits per heavy atom. The molecule has 0 aliphatic rings. The SMILES string of the molecule is Cc1ccc(C(=O)O)cc1N=Cc1c(C)[nH]n(-c2ccc(Cl)cc2)c1=O. The number of aromatic nitrogens is 2. The van der Waals surface area contributed by atoms with Crippen LogP contribution in [0.5, 0.6) is 0 Å². The number of H-pyrrole nitrogens is 1. The van der Waals surface area contributed by atoms with Crippen LogP contribution in [0, 0.1) is 13.8 Å². The van der Waals surface area contributed by atoms with Crippen LogP contribution in [-0.2, 0) is 0 Å². The molecule has 0 radical (unpaired) electrons. The Kier molecular flexibility index (Phi) is 4.77. The number of nitrogens with zero attached hydrogens (tertiary/aromatic N) is 2. The molecule has 0 fully saturated rings. The Bertz CT molecular complexity index is 1060. The zero-order valence-electron chi connectivity index (χ0n) is 14.2. The van der Waals surface area contributed by atoms with Crippen LogP contribution in [0.1, 0.15) is 27.2 Å². The predicted octanol–water partition coefficient (Wildman–Crippen LogP) is 3.88. The minimum atomic E-state index is -1.02. The van der Waals surface area contributed by atoms with Crippen molar-refractivity contribution in [2.45, 2.75) is 13.8 Å². The van der Waals surface area contributed by atoms with Gasteiger partial charge in [-0.15, -0.1) is 0 Å². The number of rotatable bonds is 4. The lowest BCUT2D eigenvalue weighted by Gasteiger charge is -2.01. The number of aromatic amines is 1. The topological polar surface area (TPSA) is 87.4 Å². The number of carbonyl (C=O) groups is 1. The highest BCUT2D eigenvalue weighted by molar-refractivity contribution is 6.30. The molecule has 0 atom stereocenters. The van der Waals surface area contributed by atoms with E-state index in [0.717, 1.165) is 5.56 Å². The Hall–Kier alpha value is -3.12. The largest absolute Gasteiger partial charge is 0.478 e. The van der Waals surface area contributed by atoms with Gasteiger partial charge in [0.2, 0.25) is 0 Å². The Balaban J connectivity index is 2.00. The quantitative estimate of drug-likeness (QED) is 0.684. The van der Waals surface area contributed by atoms with Crippen molar-refractivity contribution in [2.24, 2.45) is 4.99 Å². The molecule has 7 heteroatoms. The van der Waals surface area contributed by atoms with Gasteiger partial charge in [0.05, 0.1) is 22.5 Å². The standard InChI is InChI=1S/C19H16ClN3O3/c1-11-3-4-13(19(25)26)9-17(11)21-10-16-12(2)22-23(18(16)24)15-7-5-14(20)6-8-15/h3-10,22H,1-2H3,(H,25,26). The summed E-state index contributed by atoms with van der Waals surface area (Å²) in [5, 5.41) is 12.7. The third-order valence-electron chi connectivity index (χ3n) is 3.99. The van der Waals surface area contributed by atoms with Gasteiger partial charge in [0.25, 0.3) is 5.56 Å². The molecule has 26 heavy (non-hydrogen) atoms. The molecular weight excluding hydrogens is 354 g/mol. The highest BCUT2D eigenvalue weighted by Gasteiger charge is 2.11. The van der Waals surface area contributed by atoms with Crippen LogP contribution in [0.3, 0.4) is 0 Å². The van der Waals surface area contributed by atoms with E-state index in [1.54, 1.807) is 37.3 Å². The number of hydrogen-bond donors (Lipinski definition) is 2. The number of aromatic carboxylic acids is 1. The molecule has 2 N–H and O–H groups in total. The first-order valence-electron chi connectivity index (χ1n) is 7.82. The number of hydrogen-bond acceptors (Lipinski definition) is 3. The lowest BCUT2D eigenvalue weighted by molar-refractivity contribution is 0.0697. The number of carboxylic acid groups (broad SMARTS) is 1. The average Bonchev–Trinajstić information content (AvgIpc) is 2.89. The van der Waals surface area contributed by atoms with Crippen molar-refractivity contribution in [1.29, 1.82) is 0 Å². The monoisotopic (exact) mass is 369 g/mol. The first-order valence-corrected chi connectivity index (χ1v) is 8.20. The highest BCUT2D eigenvalue weighted by Crippen LogP contribution is 2.20. The Labute approximate surface area is 154 Å². The third kappa shape index (κ3) is 3.45. The molecule has 0 saturated heterocycles. The second kappa shape index (κ2) is 7.01. The van der Waals surface area contributed by atoms with Gasteiger partial charge in [0.15, 0.2) is 0 Å². The fourth-order valence-electron chi connectivity index (χ4n) is 2.50. The zero-order valence-corrected chi connectivity index (χ0v) is 14.9. The molecule has 132 valence electrons. The van der Waals surface area contributed by atoms with Crippen molar-refractivity contribution >= 4 is 29.5 Å². The van der Waals surface area contributed by atoms with E-state index in [0.29, 0.717) is 27.7 Å². The molecular formula is C19H16ClN3O3. The highest BCUT2D eigenvalue weighted by atomic mass is 35.5. The van der Waals surface area contributed by atoms with E-state index < -0.39 is 5.97 Å². The van der Waals surface area contributed by atoms with Gasteiger partial charge in [-0.05, 0) is 55.8 Å². The smallest absolute Gasteiger partial charge is 0.335 e. The molecule has 0 aliphatic heterocycles. The molecule has 1 aromatic heterocycles. The second-order valence-electron chi connectivity index (χ2n) is 5.83. The Morgan fingerprint density at radius 1 is 1.19 bits per heavy atom. The lowest BCUT2D eigenvalue weighted by Crippen LogP contribution is -2.17. The molecule has 0 aliphatic carbocycles. The number of aliphatic imine (C=N–C) groups is 1. The van der Waals surface area contributed by atoms with E-state index in [1.807, 2.05) is 6.92 Å². The van der Waals surface area contributed by atoms with Gasteiger partial charge in [0, 0.05) is 16.9 Å². The summed E-state index contributed by atoms with van der Waals surface area (Å²) in [5.74, 6) is -1.02. The van der Waals surface area contributed by atoms with Crippen molar-refractivity contribution in [2.75, 3.05) is 0 Å². The van der Waals surface area contributed by atoms with Gasteiger partial charge in [-0.25, -0.2) is 9.48 Å². The molecule has 0 bridgehead atoms. The van der Waals surface area contributed by atoms with Crippen molar-refractivity contribution in [3.05, 3.63) is 80.2 Å². The summed E-state index contributed by atoms with van der Waals surface area (Å²) in [6, 6.07) is 11.6. The van der Waals surface area contributed by atoms with Crippen molar-refractivity contribution in [3.8, 4) is 5.69 Å². The summed E-state index contributed by atoms with van der Waals surface area (Å²) in [6.45, 7) is 3.60. The second-order valence-corrected chi connectivity index (χ2v) is 6.27. The van der Waals surface area contributed by atoms with Crippen LogP contribution in [0.2, 0.25) is 5.02 Å². The molecule has 0 saturated carbocycles. The van der Waals surface area contributed by atoms with E-state index in [-0.39, 0.29) is 11.1 Å². The maximum Gasteiger partial charge on any atom is 0.335 e. The summed E-state index contributed by atoms with van der Waals surface area (Å²) < 4.78 is 1.41. The van der Waals surface area contributed by atoms with E-state index in [9.17, 15) is 9.59 Å². The van der Waals surface area contributed by atoms with Gasteiger partial charge < -0.3 is 5.11 Å². The molecule has 3 aromatic rings. The predicted molar refractivity (Wildman–Crippen MR) is 102 cm³/mol. The number of benzene rings is 2. The van der Waals surface area contributed by atoms with E-state index >= 15 is 0 Å². The van der Waals surface area contributed by atoms with Gasteiger partial charge in [-0.3, -0.25) is 14.9 Å². The first kappa shape index (κ1) is 17.7. The van der Waals surface area contributed by atoms with Crippen LogP contribution >= 0.6 is 11.6 Å². The lowest BCUT2D eigenvalue weighted by atomic mass is 10.1. The summed E-state index contributed by atoms with van der Waals surface area (Å²) in [6.07, 6.45) is 1.45. The van der Waals surface area contributed by atoms with Crippen LogP contribution in [0.4, 0.5) is 5.69 Å². The molecule has 0 amide bonds. The fourth-order valence-corrected chi connectivity index (χ4v) is 2.63. The van der Waals surface area contributed by atoms with Gasteiger partial charge in [0.1, 0.15) is 0 Å². The summed E-state index contributed by atoms with van der Waals surface area (Å²) >= 11 is 5.88. The number of halogens is 1. The van der Waals surface area contributed by atoms with Crippen molar-refractivity contribution < 1.29 is 9.90 Å². The number of nitrogens with one attached hydrogen (secondary N) is 1. The van der Waals surface area contributed by atoms with E-state index in [4.69, 9.17) is 16.7 Å². The van der Waals surface area contributed by atoms with Crippen molar-refractivity contribution in [3.63, 3.8) is 0 Å². The number of aryl methyl sites for hydroxylation is 2. The summed E-state index contributed by atoms with van der Waals surface area (Å²) in [4.78, 5) is 28.1. The van der Waals surface area contributed by atoms with Crippen LogP contribution in [0.15, 0.2) is 52.3 Å². The van der Waals surface area contributed by atoms with E-state index in [2.05, 4.69) is 10.1 Å². The maximum absolute atomic E-state index is 12.7. The number of carboxylic acids is 1. The molecule has 6 nitrogen and oxygen atoms in total. The molecule has 1 heterocycles. The van der Waals surface area contributed by atoms with Crippen LogP contribution < -0.4 is 5.56 Å². The van der Waals surface area contributed by atoms with E-state index in [1.165, 1.54) is 23.0 Å². The zero-order chi connectivity index (χ0) is 18.8.